The van der Waals surface area contributed by atoms with Crippen LogP contribution in [0.4, 0.5) is 0 Å². The Labute approximate surface area is 140 Å². The van der Waals surface area contributed by atoms with E-state index in [4.69, 9.17) is 23.2 Å². The van der Waals surface area contributed by atoms with Crippen LogP contribution in [0.1, 0.15) is 11.3 Å². The van der Waals surface area contributed by atoms with Crippen LogP contribution in [0.15, 0.2) is 35.7 Å². The molecule has 2 heterocycles. The first kappa shape index (κ1) is 14.8. The number of thioether (sulfide) groups is 1. The fourth-order valence-electron chi connectivity index (χ4n) is 1.85. The van der Waals surface area contributed by atoms with E-state index in [1.807, 2.05) is 35.9 Å². The average Bonchev–Trinajstić information content (AvgIpc) is 3.08. The van der Waals surface area contributed by atoms with Crippen molar-refractivity contribution in [1.82, 2.24) is 19.1 Å². The molecule has 1 aromatic carbocycles. The topological polar surface area (TPSA) is 43.6 Å². The maximum atomic E-state index is 6.19. The first-order valence-electron chi connectivity index (χ1n) is 6.05. The minimum atomic E-state index is 0.625. The molecule has 8 heteroatoms. The normalized spacial score (nSPS) is 11.0. The monoisotopic (exact) mass is 356 g/mol. The number of rotatable bonds is 4. The molecular formula is C13H10Cl2N4S2. The van der Waals surface area contributed by atoms with Crippen LogP contribution in [0.25, 0.3) is 5.69 Å². The van der Waals surface area contributed by atoms with Gasteiger partial charge in [-0.15, -0.1) is 5.10 Å². The number of nitrogens with zero attached hydrogens (tertiary/aromatic N) is 4. The van der Waals surface area contributed by atoms with Crippen molar-refractivity contribution in [3.63, 3.8) is 0 Å². The fraction of sp³-hybridized carbons (Fsp3) is 0.154. The Morgan fingerprint density at radius 3 is 2.95 bits per heavy atom. The van der Waals surface area contributed by atoms with E-state index in [1.165, 1.54) is 11.5 Å². The first-order valence-corrected chi connectivity index (χ1v) is 8.56. The van der Waals surface area contributed by atoms with Crippen LogP contribution >= 0.6 is 46.5 Å². The molecule has 3 aromatic rings. The highest BCUT2D eigenvalue weighted by Crippen LogP contribution is 2.29. The van der Waals surface area contributed by atoms with E-state index >= 15 is 0 Å². The zero-order chi connectivity index (χ0) is 14.8. The van der Waals surface area contributed by atoms with Crippen LogP contribution in [0.3, 0.4) is 0 Å². The number of hydrogen-bond acceptors (Lipinski definition) is 5. The van der Waals surface area contributed by atoms with Crippen molar-refractivity contribution >= 4 is 46.5 Å². The molecule has 0 spiro atoms. The van der Waals surface area contributed by atoms with E-state index in [1.54, 1.807) is 18.0 Å². The summed E-state index contributed by atoms with van der Waals surface area (Å²) < 4.78 is 6.47. The number of halogens is 2. The lowest BCUT2D eigenvalue weighted by atomic mass is 10.2. The zero-order valence-electron chi connectivity index (χ0n) is 11.0. The van der Waals surface area contributed by atoms with Gasteiger partial charge in [0, 0.05) is 34.7 Å². The summed E-state index contributed by atoms with van der Waals surface area (Å²) in [5.41, 5.74) is 2.82. The van der Waals surface area contributed by atoms with Gasteiger partial charge < -0.3 is 0 Å². The Hall–Kier alpha value is -1.08. The number of benzene rings is 1. The Bertz CT molecular complexity index is 769. The lowest BCUT2D eigenvalue weighted by Gasteiger charge is -2.11. The molecule has 0 aliphatic carbocycles. The second-order valence-electron chi connectivity index (χ2n) is 4.25. The first-order chi connectivity index (χ1) is 10.2. The molecule has 4 nitrogen and oxygen atoms in total. The van der Waals surface area contributed by atoms with E-state index in [9.17, 15) is 0 Å². The highest BCUT2D eigenvalue weighted by Gasteiger charge is 2.12. The molecule has 0 atom stereocenters. The summed E-state index contributed by atoms with van der Waals surface area (Å²) in [6, 6.07) is 5.83. The van der Waals surface area contributed by atoms with Crippen molar-refractivity contribution < 1.29 is 0 Å². The molecule has 3 rings (SSSR count). The predicted molar refractivity (Wildman–Crippen MR) is 87.8 cm³/mol. The van der Waals surface area contributed by atoms with E-state index in [0.717, 1.165) is 27.1 Å². The van der Waals surface area contributed by atoms with E-state index in [0.29, 0.717) is 10.1 Å². The molecule has 108 valence electrons. The van der Waals surface area contributed by atoms with Gasteiger partial charge in [-0.25, -0.2) is 4.98 Å². The largest absolute Gasteiger partial charge is 0.295 e. The minimum Gasteiger partial charge on any atom is -0.295 e. The van der Waals surface area contributed by atoms with Gasteiger partial charge in [-0.05, 0) is 24.6 Å². The Balaban J connectivity index is 1.87. The summed E-state index contributed by atoms with van der Waals surface area (Å²) in [6.07, 6.45) is 3.69. The van der Waals surface area contributed by atoms with Gasteiger partial charge in [0.2, 0.25) is 0 Å². The van der Waals surface area contributed by atoms with Gasteiger partial charge in [0.25, 0.3) is 0 Å². The van der Waals surface area contributed by atoms with E-state index in [2.05, 4.69) is 14.6 Å². The van der Waals surface area contributed by atoms with E-state index in [-0.39, 0.29) is 0 Å². The molecule has 0 saturated heterocycles. The van der Waals surface area contributed by atoms with Crippen LogP contribution in [0, 0.1) is 6.92 Å². The van der Waals surface area contributed by atoms with Gasteiger partial charge >= 0.3 is 0 Å². The number of imidazole rings is 1. The quantitative estimate of drug-likeness (QED) is 0.639. The summed E-state index contributed by atoms with van der Waals surface area (Å²) in [6.45, 7) is 1.99. The highest BCUT2D eigenvalue weighted by molar-refractivity contribution is 7.98. The van der Waals surface area contributed by atoms with Gasteiger partial charge in [0.05, 0.1) is 5.69 Å². The second kappa shape index (κ2) is 6.36. The van der Waals surface area contributed by atoms with E-state index < -0.39 is 0 Å². The maximum absolute atomic E-state index is 6.19. The van der Waals surface area contributed by atoms with Gasteiger partial charge in [-0.2, -0.15) is 0 Å². The number of hydrogen-bond donors (Lipinski definition) is 0. The molecule has 21 heavy (non-hydrogen) atoms. The summed E-state index contributed by atoms with van der Waals surface area (Å²) in [7, 11) is 0. The molecule has 0 amide bonds. The van der Waals surface area contributed by atoms with Gasteiger partial charge in [-0.3, -0.25) is 4.57 Å². The smallest absolute Gasteiger partial charge is 0.172 e. The third kappa shape index (κ3) is 3.08. The second-order valence-corrected chi connectivity index (χ2v) is 6.95. The highest BCUT2D eigenvalue weighted by atomic mass is 35.5. The van der Waals surface area contributed by atoms with Crippen LogP contribution in [0.5, 0.6) is 0 Å². The molecule has 0 radical (unpaired) electrons. The predicted octanol–water partition coefficient (Wildman–Crippen LogP) is 4.63. The lowest BCUT2D eigenvalue weighted by molar-refractivity contribution is 0.886. The molecule has 0 aliphatic rings. The van der Waals surface area contributed by atoms with Crippen molar-refractivity contribution in [3.8, 4) is 5.69 Å². The maximum Gasteiger partial charge on any atom is 0.172 e. The Morgan fingerprint density at radius 2 is 2.19 bits per heavy atom. The van der Waals surface area contributed by atoms with Gasteiger partial charge in [0.15, 0.2) is 5.16 Å². The molecule has 0 unspecified atom stereocenters. The third-order valence-electron chi connectivity index (χ3n) is 2.95. The molecular weight excluding hydrogens is 347 g/mol. The zero-order valence-corrected chi connectivity index (χ0v) is 14.1. The third-order valence-corrected chi connectivity index (χ3v) is 5.32. The van der Waals surface area contributed by atoms with Crippen molar-refractivity contribution in [3.05, 3.63) is 51.2 Å². The van der Waals surface area contributed by atoms with Crippen LogP contribution in [-0.2, 0) is 5.75 Å². The average molecular weight is 357 g/mol. The van der Waals surface area contributed by atoms with Crippen molar-refractivity contribution in [2.75, 3.05) is 0 Å². The summed E-state index contributed by atoms with van der Waals surface area (Å²) in [5.74, 6) is 0.631. The molecule has 0 fully saturated rings. The minimum absolute atomic E-state index is 0.625. The van der Waals surface area contributed by atoms with Crippen molar-refractivity contribution in [2.45, 2.75) is 17.8 Å². The standard InChI is InChI=1S/C13H10Cl2N4S2/c1-8-9(14)3-2-4-11(8)19-6-5-16-13(19)20-7-10-12(15)21-18-17-10/h2-6H,7H2,1H3. The molecule has 0 N–H and O–H groups in total. The summed E-state index contributed by atoms with van der Waals surface area (Å²) >= 11 is 15.0. The lowest BCUT2D eigenvalue weighted by Crippen LogP contribution is -1.98. The molecule has 2 aromatic heterocycles. The van der Waals surface area contributed by atoms with Crippen LogP contribution in [0.2, 0.25) is 9.36 Å². The van der Waals surface area contributed by atoms with Gasteiger partial charge in [-0.1, -0.05) is 45.5 Å². The van der Waals surface area contributed by atoms with Crippen LogP contribution < -0.4 is 0 Å². The Morgan fingerprint density at radius 1 is 1.33 bits per heavy atom. The summed E-state index contributed by atoms with van der Waals surface area (Å²) in [4.78, 5) is 4.39. The number of aromatic nitrogens is 4. The SMILES string of the molecule is Cc1c(Cl)cccc1-n1ccnc1SCc1nnsc1Cl. The Kier molecular flexibility index (Phi) is 4.49. The van der Waals surface area contributed by atoms with Gasteiger partial charge in [0.1, 0.15) is 10.0 Å². The molecule has 0 bridgehead atoms. The van der Waals surface area contributed by atoms with Crippen molar-refractivity contribution in [1.29, 1.82) is 0 Å². The fourth-order valence-corrected chi connectivity index (χ4v) is 3.72. The summed E-state index contributed by atoms with van der Waals surface area (Å²) in [5, 5.41) is 5.61. The van der Waals surface area contributed by atoms with Crippen molar-refractivity contribution in [2.24, 2.45) is 0 Å². The molecule has 0 aliphatic heterocycles. The molecule has 0 saturated carbocycles. The van der Waals surface area contributed by atoms with Crippen LogP contribution in [-0.4, -0.2) is 19.1 Å².